The average Bonchev–Trinajstić information content (AvgIpc) is 2.95. The number of ether oxygens (including phenoxy) is 2. The summed E-state index contributed by atoms with van der Waals surface area (Å²) in [5.74, 6) is 0.324. The molecule has 1 saturated heterocycles. The van der Waals surface area contributed by atoms with Gasteiger partial charge in [0.05, 0.1) is 11.8 Å². The fourth-order valence-corrected chi connectivity index (χ4v) is 2.50. The summed E-state index contributed by atoms with van der Waals surface area (Å²) in [5, 5.41) is 2.70. The SMILES string of the molecule is CO[C@H]1CCN(C(=O)c2ccc3c(c2)OCC(=O)N3)C1. The van der Waals surface area contributed by atoms with Crippen molar-refractivity contribution >= 4 is 17.5 Å². The van der Waals surface area contributed by atoms with Gasteiger partial charge < -0.3 is 19.7 Å². The second-order valence-corrected chi connectivity index (χ2v) is 4.95. The average molecular weight is 276 g/mol. The van der Waals surface area contributed by atoms with Gasteiger partial charge in [0.1, 0.15) is 5.75 Å². The van der Waals surface area contributed by atoms with E-state index in [9.17, 15) is 9.59 Å². The Morgan fingerprint density at radius 1 is 1.50 bits per heavy atom. The van der Waals surface area contributed by atoms with Crippen LogP contribution in [0, 0.1) is 0 Å². The molecule has 1 fully saturated rings. The summed E-state index contributed by atoms with van der Waals surface area (Å²) in [4.78, 5) is 25.4. The minimum Gasteiger partial charge on any atom is -0.482 e. The van der Waals surface area contributed by atoms with Crippen LogP contribution in [0.3, 0.4) is 0 Å². The van der Waals surface area contributed by atoms with Crippen molar-refractivity contribution in [2.75, 3.05) is 32.1 Å². The lowest BCUT2D eigenvalue weighted by molar-refractivity contribution is -0.118. The van der Waals surface area contributed by atoms with Crippen molar-refractivity contribution in [3.8, 4) is 5.75 Å². The van der Waals surface area contributed by atoms with E-state index in [1.165, 1.54) is 0 Å². The molecule has 2 amide bonds. The van der Waals surface area contributed by atoms with Gasteiger partial charge in [-0.1, -0.05) is 0 Å². The van der Waals surface area contributed by atoms with Gasteiger partial charge >= 0.3 is 0 Å². The zero-order chi connectivity index (χ0) is 14.1. The Kier molecular flexibility index (Phi) is 3.31. The molecule has 0 aromatic heterocycles. The maximum atomic E-state index is 12.4. The van der Waals surface area contributed by atoms with E-state index < -0.39 is 0 Å². The second kappa shape index (κ2) is 5.13. The van der Waals surface area contributed by atoms with Gasteiger partial charge in [-0.2, -0.15) is 0 Å². The summed E-state index contributed by atoms with van der Waals surface area (Å²) in [7, 11) is 1.66. The highest BCUT2D eigenvalue weighted by molar-refractivity contribution is 5.99. The first-order valence-corrected chi connectivity index (χ1v) is 6.56. The van der Waals surface area contributed by atoms with E-state index in [4.69, 9.17) is 9.47 Å². The van der Waals surface area contributed by atoms with E-state index in [0.717, 1.165) is 6.42 Å². The number of rotatable bonds is 2. The maximum absolute atomic E-state index is 12.4. The molecule has 0 unspecified atom stereocenters. The van der Waals surface area contributed by atoms with Gasteiger partial charge in [-0.3, -0.25) is 9.59 Å². The lowest BCUT2D eigenvalue weighted by Gasteiger charge is -2.20. The molecule has 3 rings (SSSR count). The predicted molar refractivity (Wildman–Crippen MR) is 71.9 cm³/mol. The Morgan fingerprint density at radius 2 is 2.35 bits per heavy atom. The molecule has 1 atom stereocenters. The lowest BCUT2D eigenvalue weighted by atomic mass is 10.1. The lowest BCUT2D eigenvalue weighted by Crippen LogP contribution is -2.30. The topological polar surface area (TPSA) is 67.9 Å². The number of hydrogen-bond acceptors (Lipinski definition) is 4. The van der Waals surface area contributed by atoms with E-state index in [0.29, 0.717) is 30.1 Å². The number of benzene rings is 1. The molecule has 6 heteroatoms. The minimum atomic E-state index is -0.181. The zero-order valence-electron chi connectivity index (χ0n) is 11.2. The molecule has 0 spiro atoms. The highest BCUT2D eigenvalue weighted by Gasteiger charge is 2.27. The molecule has 2 aliphatic rings. The van der Waals surface area contributed by atoms with Gasteiger partial charge in [-0.15, -0.1) is 0 Å². The monoisotopic (exact) mass is 276 g/mol. The minimum absolute atomic E-state index is 0.0138. The van der Waals surface area contributed by atoms with Crippen molar-refractivity contribution < 1.29 is 19.1 Å². The smallest absolute Gasteiger partial charge is 0.262 e. The fourth-order valence-electron chi connectivity index (χ4n) is 2.50. The molecule has 6 nitrogen and oxygen atoms in total. The Labute approximate surface area is 116 Å². The van der Waals surface area contributed by atoms with E-state index in [-0.39, 0.29) is 24.5 Å². The Morgan fingerprint density at radius 3 is 3.10 bits per heavy atom. The van der Waals surface area contributed by atoms with Crippen molar-refractivity contribution in [1.29, 1.82) is 0 Å². The molecule has 1 aromatic carbocycles. The van der Waals surface area contributed by atoms with E-state index in [1.807, 2.05) is 0 Å². The van der Waals surface area contributed by atoms with E-state index >= 15 is 0 Å². The Hall–Kier alpha value is -2.08. The van der Waals surface area contributed by atoms with Crippen LogP contribution in [0.4, 0.5) is 5.69 Å². The van der Waals surface area contributed by atoms with Gasteiger partial charge in [0.2, 0.25) is 0 Å². The van der Waals surface area contributed by atoms with Crippen LogP contribution in [0.1, 0.15) is 16.8 Å². The van der Waals surface area contributed by atoms with Crippen LogP contribution in [-0.2, 0) is 9.53 Å². The number of methoxy groups -OCH3 is 1. The van der Waals surface area contributed by atoms with Gasteiger partial charge in [0.15, 0.2) is 6.61 Å². The molecular weight excluding hydrogens is 260 g/mol. The highest BCUT2D eigenvalue weighted by Crippen LogP contribution is 2.29. The molecule has 20 heavy (non-hydrogen) atoms. The molecule has 0 aliphatic carbocycles. The van der Waals surface area contributed by atoms with Crippen LogP contribution in [0.5, 0.6) is 5.75 Å². The van der Waals surface area contributed by atoms with Crippen molar-refractivity contribution in [2.24, 2.45) is 0 Å². The normalized spacial score (nSPS) is 21.1. The summed E-state index contributed by atoms with van der Waals surface area (Å²) in [6.45, 7) is 1.30. The summed E-state index contributed by atoms with van der Waals surface area (Å²) >= 11 is 0. The highest BCUT2D eigenvalue weighted by atomic mass is 16.5. The Bertz CT molecular complexity index is 558. The number of nitrogens with zero attached hydrogens (tertiary/aromatic N) is 1. The predicted octanol–water partition coefficient (Wildman–Crippen LogP) is 0.878. The first kappa shape index (κ1) is 12.9. The van der Waals surface area contributed by atoms with Crippen molar-refractivity contribution in [3.63, 3.8) is 0 Å². The van der Waals surface area contributed by atoms with Crippen LogP contribution < -0.4 is 10.1 Å². The third-order valence-electron chi connectivity index (χ3n) is 3.63. The fraction of sp³-hybridized carbons (Fsp3) is 0.429. The molecule has 106 valence electrons. The van der Waals surface area contributed by atoms with Crippen molar-refractivity contribution in [1.82, 2.24) is 4.90 Å². The van der Waals surface area contributed by atoms with Gasteiger partial charge in [0.25, 0.3) is 11.8 Å². The zero-order valence-corrected chi connectivity index (χ0v) is 11.2. The standard InChI is InChI=1S/C14H16N2O4/c1-19-10-4-5-16(7-10)14(18)9-2-3-11-12(6-9)20-8-13(17)15-11/h2-3,6,10H,4-5,7-8H2,1H3,(H,15,17)/t10-/m0/s1. The summed E-state index contributed by atoms with van der Waals surface area (Å²) in [6, 6.07) is 5.08. The second-order valence-electron chi connectivity index (χ2n) is 4.95. The third kappa shape index (κ3) is 2.34. The third-order valence-corrected chi connectivity index (χ3v) is 3.63. The van der Waals surface area contributed by atoms with Crippen LogP contribution >= 0.6 is 0 Å². The van der Waals surface area contributed by atoms with Crippen LogP contribution in [0.15, 0.2) is 18.2 Å². The maximum Gasteiger partial charge on any atom is 0.262 e. The number of hydrogen-bond donors (Lipinski definition) is 1. The van der Waals surface area contributed by atoms with Crippen molar-refractivity contribution in [3.05, 3.63) is 23.8 Å². The first-order valence-electron chi connectivity index (χ1n) is 6.56. The summed E-state index contributed by atoms with van der Waals surface area (Å²) in [5.41, 5.74) is 1.17. The number of nitrogens with one attached hydrogen (secondary N) is 1. The van der Waals surface area contributed by atoms with Gasteiger partial charge in [-0.25, -0.2) is 0 Å². The number of carbonyl (C=O) groups excluding carboxylic acids is 2. The quantitative estimate of drug-likeness (QED) is 0.870. The largest absolute Gasteiger partial charge is 0.482 e. The number of carbonyl (C=O) groups is 2. The molecular formula is C14H16N2O4. The molecule has 2 heterocycles. The van der Waals surface area contributed by atoms with Crippen molar-refractivity contribution in [2.45, 2.75) is 12.5 Å². The number of likely N-dealkylation sites (tertiary alicyclic amines) is 1. The van der Waals surface area contributed by atoms with Crippen LogP contribution in [0.2, 0.25) is 0 Å². The molecule has 1 N–H and O–H groups in total. The van der Waals surface area contributed by atoms with E-state index in [1.54, 1.807) is 30.2 Å². The van der Waals surface area contributed by atoms with Crippen LogP contribution in [0.25, 0.3) is 0 Å². The number of amides is 2. The Balaban J connectivity index is 1.78. The molecule has 2 aliphatic heterocycles. The molecule has 0 radical (unpaired) electrons. The van der Waals surface area contributed by atoms with E-state index in [2.05, 4.69) is 5.32 Å². The summed E-state index contributed by atoms with van der Waals surface area (Å²) in [6.07, 6.45) is 0.979. The summed E-state index contributed by atoms with van der Waals surface area (Å²) < 4.78 is 10.6. The number of anilines is 1. The molecule has 0 bridgehead atoms. The van der Waals surface area contributed by atoms with Crippen LogP contribution in [-0.4, -0.2) is 49.6 Å². The van der Waals surface area contributed by atoms with Gasteiger partial charge in [-0.05, 0) is 24.6 Å². The van der Waals surface area contributed by atoms with Gasteiger partial charge in [0, 0.05) is 25.8 Å². The molecule has 1 aromatic rings. The first-order chi connectivity index (χ1) is 9.67. The number of fused-ring (bicyclic) bond motifs is 1. The molecule has 0 saturated carbocycles.